The van der Waals surface area contributed by atoms with E-state index in [4.69, 9.17) is 0 Å². The van der Waals surface area contributed by atoms with Gasteiger partial charge in [0.2, 0.25) is 0 Å². The first-order valence-electron chi connectivity index (χ1n) is 6.75. The molecule has 0 heterocycles. The summed E-state index contributed by atoms with van der Waals surface area (Å²) in [4.78, 5) is 0. The van der Waals surface area contributed by atoms with Crippen LogP contribution in [0.25, 0.3) is 0 Å². The molecule has 18 heavy (non-hydrogen) atoms. The van der Waals surface area contributed by atoms with Gasteiger partial charge in [-0.2, -0.15) is 0 Å². The molecule has 0 radical (unpaired) electrons. The molecule has 3 N–H and O–H groups in total. The second kappa shape index (κ2) is 4.80. The van der Waals surface area contributed by atoms with Crippen LogP contribution in [0.15, 0.2) is 23.8 Å². The highest BCUT2D eigenvalue weighted by atomic mass is 16.3. The number of hydrogen-bond acceptors (Lipinski definition) is 3. The summed E-state index contributed by atoms with van der Waals surface area (Å²) in [6.07, 6.45) is 0.622. The number of hydrogen-bond donors (Lipinski definition) is 3. The van der Waals surface area contributed by atoms with E-state index in [-0.39, 0.29) is 23.7 Å². The summed E-state index contributed by atoms with van der Waals surface area (Å²) in [6, 6.07) is 0. The average Bonchev–Trinajstić information content (AvgIpc) is 2.29. The summed E-state index contributed by atoms with van der Waals surface area (Å²) in [5, 5.41) is 30.3. The third-order valence-electron chi connectivity index (χ3n) is 4.71. The highest BCUT2D eigenvalue weighted by Gasteiger charge is 2.47. The van der Waals surface area contributed by atoms with Gasteiger partial charge in [0.1, 0.15) is 6.10 Å². The van der Waals surface area contributed by atoms with Gasteiger partial charge in [-0.1, -0.05) is 26.5 Å². The number of allylic oxidation sites excluding steroid dienone is 1. The normalized spacial score (nSPS) is 44.8. The van der Waals surface area contributed by atoms with Crippen LogP contribution in [0, 0.1) is 23.7 Å². The fourth-order valence-electron chi connectivity index (χ4n) is 3.61. The molecule has 0 aromatic rings. The maximum Gasteiger partial charge on any atom is 0.101 e. The zero-order valence-electron chi connectivity index (χ0n) is 11.4. The highest BCUT2D eigenvalue weighted by Crippen LogP contribution is 2.47. The van der Waals surface area contributed by atoms with Crippen molar-refractivity contribution in [2.45, 2.75) is 45.5 Å². The zero-order valence-corrected chi connectivity index (χ0v) is 11.4. The van der Waals surface area contributed by atoms with Gasteiger partial charge in [0.05, 0.1) is 12.2 Å². The first kappa shape index (κ1) is 13.8. The lowest BCUT2D eigenvalue weighted by atomic mass is 9.60. The minimum absolute atomic E-state index is 0.0259. The second-order valence-corrected chi connectivity index (χ2v) is 6.18. The van der Waals surface area contributed by atoms with Gasteiger partial charge >= 0.3 is 0 Å². The van der Waals surface area contributed by atoms with Gasteiger partial charge in [0.25, 0.3) is 0 Å². The lowest BCUT2D eigenvalue weighted by molar-refractivity contribution is -0.0684. The number of aliphatic hydroxyl groups is 3. The van der Waals surface area contributed by atoms with Crippen molar-refractivity contribution >= 4 is 0 Å². The molecule has 102 valence electrons. The molecule has 0 saturated heterocycles. The molecule has 0 amide bonds. The van der Waals surface area contributed by atoms with Crippen LogP contribution in [-0.2, 0) is 0 Å². The molecule has 2 aliphatic rings. The maximum atomic E-state index is 10.3. The van der Waals surface area contributed by atoms with E-state index in [0.717, 1.165) is 5.57 Å². The minimum atomic E-state index is -0.863. The van der Waals surface area contributed by atoms with Crippen molar-refractivity contribution in [1.29, 1.82) is 0 Å². The fourth-order valence-corrected chi connectivity index (χ4v) is 3.61. The Bertz CT molecular complexity index is 372. The molecule has 0 aliphatic heterocycles. The summed E-state index contributed by atoms with van der Waals surface area (Å²) in [5.74, 6) is 0.571. The molecular formula is C15H24O3. The standard InChI is InChI=1S/C15H24O3/c1-7(2)13-11-5-8(3)12(16)6-10(11)9(4)14(17)15(13)18/h5,7,10-18H,4,6H2,1-3H3. The van der Waals surface area contributed by atoms with E-state index in [0.29, 0.717) is 12.0 Å². The summed E-state index contributed by atoms with van der Waals surface area (Å²) >= 11 is 0. The molecule has 0 bridgehead atoms. The molecule has 0 aromatic carbocycles. The van der Waals surface area contributed by atoms with Gasteiger partial charge in [-0.3, -0.25) is 0 Å². The Labute approximate surface area is 109 Å². The van der Waals surface area contributed by atoms with Crippen molar-refractivity contribution in [3.63, 3.8) is 0 Å². The average molecular weight is 252 g/mol. The van der Waals surface area contributed by atoms with E-state index < -0.39 is 18.3 Å². The second-order valence-electron chi connectivity index (χ2n) is 6.18. The van der Waals surface area contributed by atoms with Crippen molar-refractivity contribution < 1.29 is 15.3 Å². The molecule has 6 atom stereocenters. The lowest BCUT2D eigenvalue weighted by Crippen LogP contribution is -2.51. The van der Waals surface area contributed by atoms with Gasteiger partial charge in [0, 0.05) is 0 Å². The van der Waals surface area contributed by atoms with Crippen LogP contribution in [0.5, 0.6) is 0 Å². The van der Waals surface area contributed by atoms with E-state index in [9.17, 15) is 15.3 Å². The summed E-state index contributed by atoms with van der Waals surface area (Å²) in [7, 11) is 0. The van der Waals surface area contributed by atoms with Gasteiger partial charge in [0.15, 0.2) is 0 Å². The Morgan fingerprint density at radius 2 is 1.89 bits per heavy atom. The zero-order chi connectivity index (χ0) is 13.6. The van der Waals surface area contributed by atoms with Gasteiger partial charge < -0.3 is 15.3 Å². The van der Waals surface area contributed by atoms with Crippen LogP contribution < -0.4 is 0 Å². The van der Waals surface area contributed by atoms with Gasteiger partial charge in [-0.25, -0.2) is 0 Å². The molecule has 1 fully saturated rings. The molecule has 1 saturated carbocycles. The van der Waals surface area contributed by atoms with Crippen molar-refractivity contribution in [3.8, 4) is 0 Å². The van der Waals surface area contributed by atoms with Crippen LogP contribution in [0.3, 0.4) is 0 Å². The van der Waals surface area contributed by atoms with Crippen molar-refractivity contribution in [2.24, 2.45) is 23.7 Å². The van der Waals surface area contributed by atoms with Crippen LogP contribution in [-0.4, -0.2) is 33.6 Å². The monoisotopic (exact) mass is 252 g/mol. The largest absolute Gasteiger partial charge is 0.390 e. The number of fused-ring (bicyclic) bond motifs is 1. The predicted octanol–water partition coefficient (Wildman–Crippen LogP) is 1.49. The first-order valence-corrected chi connectivity index (χ1v) is 6.75. The van der Waals surface area contributed by atoms with Crippen LogP contribution in [0.2, 0.25) is 0 Å². The number of rotatable bonds is 1. The first-order chi connectivity index (χ1) is 8.34. The third-order valence-corrected chi connectivity index (χ3v) is 4.71. The Balaban J connectivity index is 2.40. The van der Waals surface area contributed by atoms with Crippen LogP contribution in [0.1, 0.15) is 27.2 Å². The van der Waals surface area contributed by atoms with E-state index in [1.165, 1.54) is 0 Å². The molecular weight excluding hydrogens is 228 g/mol. The molecule has 0 aromatic heterocycles. The molecule has 3 heteroatoms. The van der Waals surface area contributed by atoms with E-state index in [1.54, 1.807) is 0 Å². The van der Waals surface area contributed by atoms with Gasteiger partial charge in [-0.05, 0) is 48.2 Å². The Kier molecular flexibility index (Phi) is 3.67. The summed E-state index contributed by atoms with van der Waals surface area (Å²) in [5.41, 5.74) is 1.64. The Morgan fingerprint density at radius 1 is 1.28 bits per heavy atom. The van der Waals surface area contributed by atoms with Crippen LogP contribution in [0.4, 0.5) is 0 Å². The van der Waals surface area contributed by atoms with Crippen molar-refractivity contribution in [2.75, 3.05) is 0 Å². The molecule has 3 nitrogen and oxygen atoms in total. The summed E-state index contributed by atoms with van der Waals surface area (Å²) in [6.45, 7) is 10.0. The molecule has 2 rings (SSSR count). The van der Waals surface area contributed by atoms with E-state index >= 15 is 0 Å². The minimum Gasteiger partial charge on any atom is -0.390 e. The predicted molar refractivity (Wildman–Crippen MR) is 70.8 cm³/mol. The van der Waals surface area contributed by atoms with Crippen molar-refractivity contribution in [3.05, 3.63) is 23.8 Å². The fraction of sp³-hybridized carbons (Fsp3) is 0.733. The number of aliphatic hydroxyl groups excluding tert-OH is 3. The van der Waals surface area contributed by atoms with E-state index in [2.05, 4.69) is 26.5 Å². The lowest BCUT2D eigenvalue weighted by Gasteiger charge is -2.48. The molecule has 2 aliphatic carbocycles. The van der Waals surface area contributed by atoms with Crippen molar-refractivity contribution in [1.82, 2.24) is 0 Å². The smallest absolute Gasteiger partial charge is 0.101 e. The topological polar surface area (TPSA) is 60.7 Å². The maximum absolute atomic E-state index is 10.3. The highest BCUT2D eigenvalue weighted by molar-refractivity contribution is 5.26. The van der Waals surface area contributed by atoms with E-state index in [1.807, 2.05) is 6.92 Å². The van der Waals surface area contributed by atoms with Crippen LogP contribution >= 0.6 is 0 Å². The summed E-state index contributed by atoms with van der Waals surface area (Å²) < 4.78 is 0. The Hall–Kier alpha value is -0.640. The molecule has 6 unspecified atom stereocenters. The SMILES string of the molecule is C=C1C(O)C(O)C(C(C)C)C2C=C(C)C(O)CC12. The molecule has 0 spiro atoms. The third kappa shape index (κ3) is 2.04. The van der Waals surface area contributed by atoms with Gasteiger partial charge in [-0.15, -0.1) is 0 Å². The quantitative estimate of drug-likeness (QED) is 0.620. The Morgan fingerprint density at radius 3 is 2.44 bits per heavy atom.